The summed E-state index contributed by atoms with van der Waals surface area (Å²) >= 11 is 0. The first-order chi connectivity index (χ1) is 5.94. The first kappa shape index (κ1) is 8.81. The van der Waals surface area contributed by atoms with Crippen LogP contribution >= 0.6 is 0 Å². The molecule has 0 saturated carbocycles. The molecule has 2 heterocycles. The van der Waals surface area contributed by atoms with Crippen LogP contribution in [-0.4, -0.2) is 28.4 Å². The predicted molar refractivity (Wildman–Crippen MR) is 46.7 cm³/mol. The molecule has 2 saturated heterocycles. The van der Waals surface area contributed by atoms with Gasteiger partial charge in [-0.1, -0.05) is 0 Å². The summed E-state index contributed by atoms with van der Waals surface area (Å²) in [6.07, 6.45) is 1.84. The first-order valence-electron chi connectivity index (χ1n) is 4.63. The summed E-state index contributed by atoms with van der Waals surface area (Å²) in [6.45, 7) is 4.05. The number of amides is 1. The van der Waals surface area contributed by atoms with Gasteiger partial charge in [-0.3, -0.25) is 0 Å². The first-order valence-corrected chi connectivity index (χ1v) is 4.63. The minimum atomic E-state index is -0.953. The van der Waals surface area contributed by atoms with Crippen molar-refractivity contribution in [2.75, 3.05) is 0 Å². The molecule has 2 rings (SSSR count). The van der Waals surface area contributed by atoms with Gasteiger partial charge in [0.05, 0.1) is 17.2 Å². The Morgan fingerprint density at radius 3 is 2.62 bits per heavy atom. The zero-order valence-corrected chi connectivity index (χ0v) is 7.96. The van der Waals surface area contributed by atoms with Crippen molar-refractivity contribution in [3.63, 3.8) is 0 Å². The molecule has 74 valence electrons. The number of nitrogens with one attached hydrogen (secondary N) is 1. The number of carboxylic acid groups (broad SMARTS) is 1. The summed E-state index contributed by atoms with van der Waals surface area (Å²) < 4.78 is 5.83. The zero-order valence-electron chi connectivity index (χ0n) is 7.96. The molecule has 0 spiro atoms. The van der Waals surface area contributed by atoms with Gasteiger partial charge in [0, 0.05) is 0 Å². The smallest absolute Gasteiger partial charge is 0.404 e. The van der Waals surface area contributed by atoms with Crippen molar-refractivity contribution in [1.82, 2.24) is 5.32 Å². The zero-order chi connectivity index (χ0) is 9.69. The van der Waals surface area contributed by atoms with Crippen LogP contribution in [0.15, 0.2) is 0 Å². The van der Waals surface area contributed by atoms with Crippen LogP contribution in [0.2, 0.25) is 0 Å². The molecule has 3 unspecified atom stereocenters. The van der Waals surface area contributed by atoms with Gasteiger partial charge in [0.15, 0.2) is 0 Å². The van der Waals surface area contributed by atoms with E-state index >= 15 is 0 Å². The van der Waals surface area contributed by atoms with E-state index in [-0.39, 0.29) is 17.2 Å². The van der Waals surface area contributed by atoms with Crippen molar-refractivity contribution >= 4 is 6.09 Å². The third kappa shape index (κ3) is 1.29. The van der Waals surface area contributed by atoms with Crippen LogP contribution in [0.5, 0.6) is 0 Å². The largest absolute Gasteiger partial charge is 0.465 e. The predicted octanol–water partition coefficient (Wildman–Crippen LogP) is 1.35. The Morgan fingerprint density at radius 1 is 1.54 bits per heavy atom. The van der Waals surface area contributed by atoms with Gasteiger partial charge in [-0.2, -0.15) is 0 Å². The molecule has 0 aliphatic carbocycles. The molecule has 0 aromatic heterocycles. The van der Waals surface area contributed by atoms with Crippen LogP contribution in [-0.2, 0) is 4.74 Å². The molecule has 2 fully saturated rings. The van der Waals surface area contributed by atoms with Crippen LogP contribution in [0.4, 0.5) is 4.79 Å². The van der Waals surface area contributed by atoms with Crippen molar-refractivity contribution in [1.29, 1.82) is 0 Å². The van der Waals surface area contributed by atoms with Gasteiger partial charge in [0.2, 0.25) is 0 Å². The summed E-state index contributed by atoms with van der Waals surface area (Å²) in [5, 5.41) is 11.2. The van der Waals surface area contributed by atoms with E-state index in [2.05, 4.69) is 12.2 Å². The van der Waals surface area contributed by atoms with Gasteiger partial charge in [-0.25, -0.2) is 4.79 Å². The Kier molecular flexibility index (Phi) is 1.61. The fourth-order valence-corrected chi connectivity index (χ4v) is 2.57. The minimum absolute atomic E-state index is 0.0382. The standard InChI is InChI=1S/C9H15NO3/c1-8-3-4-9(2,13-8)6(5-8)10-7(11)12/h6,10H,3-5H2,1-2H3,(H,11,12). The third-order valence-electron chi connectivity index (χ3n) is 3.30. The molecule has 13 heavy (non-hydrogen) atoms. The fraction of sp³-hybridized carbons (Fsp3) is 0.889. The molecular weight excluding hydrogens is 170 g/mol. The minimum Gasteiger partial charge on any atom is -0.465 e. The number of hydrogen-bond donors (Lipinski definition) is 2. The average Bonchev–Trinajstić information content (AvgIpc) is 2.36. The van der Waals surface area contributed by atoms with Crippen molar-refractivity contribution in [3.8, 4) is 0 Å². The lowest BCUT2D eigenvalue weighted by atomic mass is 9.80. The maximum absolute atomic E-state index is 10.5. The summed E-state index contributed by atoms with van der Waals surface area (Å²) in [7, 11) is 0. The summed E-state index contributed by atoms with van der Waals surface area (Å²) in [5.74, 6) is 0. The van der Waals surface area contributed by atoms with E-state index in [1.165, 1.54) is 0 Å². The lowest BCUT2D eigenvalue weighted by Crippen LogP contribution is -2.48. The normalized spacial score (nSPS) is 48.0. The van der Waals surface area contributed by atoms with Crippen molar-refractivity contribution in [2.45, 2.75) is 50.4 Å². The van der Waals surface area contributed by atoms with E-state index < -0.39 is 6.09 Å². The Morgan fingerprint density at radius 2 is 2.23 bits per heavy atom. The number of fused-ring (bicyclic) bond motifs is 2. The van der Waals surface area contributed by atoms with Crippen molar-refractivity contribution in [2.24, 2.45) is 0 Å². The van der Waals surface area contributed by atoms with E-state index in [4.69, 9.17) is 9.84 Å². The number of rotatable bonds is 1. The molecule has 2 N–H and O–H groups in total. The van der Waals surface area contributed by atoms with Crippen LogP contribution in [0.25, 0.3) is 0 Å². The molecule has 3 atom stereocenters. The van der Waals surface area contributed by atoms with Gasteiger partial charge < -0.3 is 15.2 Å². The Labute approximate surface area is 77.3 Å². The van der Waals surface area contributed by atoms with Crippen LogP contribution < -0.4 is 5.32 Å². The number of carbonyl (C=O) groups is 1. The molecule has 0 aromatic carbocycles. The van der Waals surface area contributed by atoms with Crippen molar-refractivity contribution in [3.05, 3.63) is 0 Å². The van der Waals surface area contributed by atoms with Gasteiger partial charge >= 0.3 is 6.09 Å². The van der Waals surface area contributed by atoms with E-state index in [0.717, 1.165) is 19.3 Å². The van der Waals surface area contributed by atoms with Gasteiger partial charge in [0.25, 0.3) is 0 Å². The molecule has 0 aromatic rings. The molecule has 0 radical (unpaired) electrons. The van der Waals surface area contributed by atoms with Gasteiger partial charge in [-0.15, -0.1) is 0 Å². The monoisotopic (exact) mass is 185 g/mol. The maximum Gasteiger partial charge on any atom is 0.404 e. The topological polar surface area (TPSA) is 58.6 Å². The van der Waals surface area contributed by atoms with Crippen LogP contribution in [0, 0.1) is 0 Å². The number of ether oxygens (including phenoxy) is 1. The van der Waals surface area contributed by atoms with Crippen LogP contribution in [0.1, 0.15) is 33.1 Å². The molecule has 2 bridgehead atoms. The second-order valence-electron chi connectivity index (χ2n) is 4.57. The van der Waals surface area contributed by atoms with Crippen LogP contribution in [0.3, 0.4) is 0 Å². The molecule has 2 aliphatic rings. The second-order valence-corrected chi connectivity index (χ2v) is 4.57. The highest BCUT2D eigenvalue weighted by atomic mass is 16.5. The average molecular weight is 185 g/mol. The highest BCUT2D eigenvalue weighted by Crippen LogP contribution is 2.50. The fourth-order valence-electron chi connectivity index (χ4n) is 2.57. The Bertz CT molecular complexity index is 255. The molecule has 4 heteroatoms. The lowest BCUT2D eigenvalue weighted by Gasteiger charge is -2.28. The third-order valence-corrected chi connectivity index (χ3v) is 3.30. The van der Waals surface area contributed by atoms with E-state index in [0.29, 0.717) is 0 Å². The Hall–Kier alpha value is -0.770. The Balaban J connectivity index is 2.12. The quantitative estimate of drug-likeness (QED) is 0.648. The second kappa shape index (κ2) is 2.38. The van der Waals surface area contributed by atoms with Crippen molar-refractivity contribution < 1.29 is 14.6 Å². The SMILES string of the molecule is CC12CCC(C)(O1)C(NC(=O)O)C2. The van der Waals surface area contributed by atoms with E-state index in [1.54, 1.807) is 0 Å². The molecule has 4 nitrogen and oxygen atoms in total. The highest BCUT2D eigenvalue weighted by molar-refractivity contribution is 5.65. The van der Waals surface area contributed by atoms with E-state index in [9.17, 15) is 4.79 Å². The maximum atomic E-state index is 10.5. The summed E-state index contributed by atoms with van der Waals surface area (Å²) in [4.78, 5) is 10.5. The molecular formula is C9H15NO3. The summed E-state index contributed by atoms with van der Waals surface area (Å²) in [6, 6.07) is -0.0382. The summed E-state index contributed by atoms with van der Waals surface area (Å²) in [5.41, 5.74) is -0.366. The van der Waals surface area contributed by atoms with Gasteiger partial charge in [0.1, 0.15) is 0 Å². The number of hydrogen-bond acceptors (Lipinski definition) is 2. The lowest BCUT2D eigenvalue weighted by molar-refractivity contribution is -0.0321. The highest BCUT2D eigenvalue weighted by Gasteiger charge is 2.57. The molecule has 2 aliphatic heterocycles. The van der Waals surface area contributed by atoms with Gasteiger partial charge in [-0.05, 0) is 33.1 Å². The molecule has 1 amide bonds. The van der Waals surface area contributed by atoms with E-state index in [1.807, 2.05) is 6.92 Å².